The topological polar surface area (TPSA) is 75.7 Å². The highest BCUT2D eigenvalue weighted by Gasteiger charge is 2.45. The number of nitrogens with zero attached hydrogens (tertiary/aromatic N) is 1. The summed E-state index contributed by atoms with van der Waals surface area (Å²) in [7, 11) is -4.59. The lowest BCUT2D eigenvalue weighted by molar-refractivity contribution is -0.137. The van der Waals surface area contributed by atoms with Gasteiger partial charge in [0.05, 0.1) is 29.2 Å². The Morgan fingerprint density at radius 3 is 2.51 bits per heavy atom. The predicted octanol–water partition coefficient (Wildman–Crippen LogP) is 5.52. The third-order valence-electron chi connectivity index (χ3n) is 6.92. The van der Waals surface area contributed by atoms with Gasteiger partial charge in [-0.3, -0.25) is 9.10 Å². The van der Waals surface area contributed by atoms with E-state index in [1.165, 1.54) is 18.2 Å². The SMILES string of the molecule is CC1(C(=O)NC[C@H]2CN(S(=O)(=O)c3cccc(C(F)(F)F)c3)c3cc(-c4cc(F)ccc4F)ccc3O2)CC1. The second kappa shape index (κ2) is 9.51. The van der Waals surface area contributed by atoms with Gasteiger partial charge in [-0.1, -0.05) is 19.1 Å². The van der Waals surface area contributed by atoms with Crippen molar-refractivity contribution in [3.05, 3.63) is 77.9 Å². The number of carbonyl (C=O) groups is 1. The van der Waals surface area contributed by atoms with Crippen molar-refractivity contribution < 1.29 is 39.9 Å². The summed E-state index contributed by atoms with van der Waals surface area (Å²) in [6.07, 6.45) is -4.20. The zero-order chi connectivity index (χ0) is 28.2. The number of hydrogen-bond acceptors (Lipinski definition) is 4. The Morgan fingerprint density at radius 1 is 1.08 bits per heavy atom. The minimum Gasteiger partial charge on any atom is -0.484 e. The van der Waals surface area contributed by atoms with Crippen LogP contribution in [0.5, 0.6) is 5.75 Å². The predicted molar refractivity (Wildman–Crippen MR) is 133 cm³/mol. The van der Waals surface area contributed by atoms with Gasteiger partial charge in [0.1, 0.15) is 23.5 Å². The van der Waals surface area contributed by atoms with E-state index in [9.17, 15) is 35.2 Å². The van der Waals surface area contributed by atoms with Gasteiger partial charge in [-0.2, -0.15) is 13.2 Å². The number of hydrogen-bond donors (Lipinski definition) is 1. The second-order valence-electron chi connectivity index (χ2n) is 9.88. The number of halogens is 5. The molecular weight excluding hydrogens is 543 g/mol. The number of fused-ring (bicyclic) bond motifs is 1. The molecule has 0 unspecified atom stereocenters. The monoisotopic (exact) mass is 566 g/mol. The van der Waals surface area contributed by atoms with Gasteiger partial charge in [0.25, 0.3) is 10.0 Å². The van der Waals surface area contributed by atoms with Gasteiger partial charge in [0.2, 0.25) is 5.91 Å². The summed E-state index contributed by atoms with van der Waals surface area (Å²) >= 11 is 0. The fourth-order valence-corrected chi connectivity index (χ4v) is 5.87. The van der Waals surface area contributed by atoms with Crippen LogP contribution in [0.25, 0.3) is 11.1 Å². The maximum absolute atomic E-state index is 14.5. The van der Waals surface area contributed by atoms with E-state index in [1.54, 1.807) is 6.92 Å². The number of sulfonamides is 1. The van der Waals surface area contributed by atoms with E-state index >= 15 is 0 Å². The molecule has 0 bridgehead atoms. The van der Waals surface area contributed by atoms with Gasteiger partial charge in [-0.15, -0.1) is 0 Å². The normalized spacial score (nSPS) is 18.2. The Bertz CT molecular complexity index is 1550. The van der Waals surface area contributed by atoms with Gasteiger partial charge in [0, 0.05) is 11.0 Å². The Labute approximate surface area is 221 Å². The number of nitrogens with one attached hydrogen (secondary N) is 1. The number of ether oxygens (including phenoxy) is 1. The maximum Gasteiger partial charge on any atom is 0.416 e. The third kappa shape index (κ3) is 5.29. The third-order valence-corrected chi connectivity index (χ3v) is 8.69. The van der Waals surface area contributed by atoms with Crippen molar-refractivity contribution in [1.29, 1.82) is 0 Å². The number of benzene rings is 3. The summed E-state index contributed by atoms with van der Waals surface area (Å²) in [5, 5.41) is 2.75. The minimum atomic E-state index is -4.78. The fraction of sp³-hybridized carbons (Fsp3) is 0.296. The van der Waals surface area contributed by atoms with Crippen molar-refractivity contribution in [1.82, 2.24) is 5.32 Å². The smallest absolute Gasteiger partial charge is 0.416 e. The van der Waals surface area contributed by atoms with Crippen LogP contribution in [0.15, 0.2) is 65.6 Å². The molecule has 1 atom stereocenters. The first-order valence-corrected chi connectivity index (χ1v) is 13.5. The van der Waals surface area contributed by atoms with Crippen molar-refractivity contribution in [3.8, 4) is 16.9 Å². The van der Waals surface area contributed by atoms with Crippen LogP contribution in [0.1, 0.15) is 25.3 Å². The summed E-state index contributed by atoms with van der Waals surface area (Å²) < 4.78 is 103. The molecule has 6 nitrogen and oxygen atoms in total. The zero-order valence-electron chi connectivity index (χ0n) is 20.6. The molecule has 1 fully saturated rings. The van der Waals surface area contributed by atoms with E-state index in [0.29, 0.717) is 6.07 Å². The molecule has 206 valence electrons. The lowest BCUT2D eigenvalue weighted by Crippen LogP contribution is -2.49. The average molecular weight is 567 g/mol. The molecule has 39 heavy (non-hydrogen) atoms. The van der Waals surface area contributed by atoms with E-state index < -0.39 is 49.8 Å². The van der Waals surface area contributed by atoms with Gasteiger partial charge in [-0.05, 0) is 66.9 Å². The largest absolute Gasteiger partial charge is 0.484 e. The first kappa shape index (κ1) is 26.9. The van der Waals surface area contributed by atoms with E-state index in [4.69, 9.17) is 4.74 Å². The van der Waals surface area contributed by atoms with Crippen LogP contribution in [0.2, 0.25) is 0 Å². The first-order valence-electron chi connectivity index (χ1n) is 12.0. The Balaban J connectivity index is 1.56. The van der Waals surface area contributed by atoms with E-state index in [2.05, 4.69) is 5.32 Å². The van der Waals surface area contributed by atoms with Crippen LogP contribution >= 0.6 is 0 Å². The van der Waals surface area contributed by atoms with Gasteiger partial charge >= 0.3 is 6.18 Å². The molecule has 1 N–H and O–H groups in total. The number of rotatable bonds is 6. The average Bonchev–Trinajstić information content (AvgIpc) is 3.66. The summed E-state index contributed by atoms with van der Waals surface area (Å²) in [6.45, 7) is 1.40. The molecule has 1 amide bonds. The van der Waals surface area contributed by atoms with Crippen LogP contribution in [-0.4, -0.2) is 33.5 Å². The highest BCUT2D eigenvalue weighted by Crippen LogP contribution is 2.45. The summed E-state index contributed by atoms with van der Waals surface area (Å²) in [5.74, 6) is -1.63. The summed E-state index contributed by atoms with van der Waals surface area (Å²) in [4.78, 5) is 11.8. The van der Waals surface area contributed by atoms with E-state index in [1.807, 2.05) is 0 Å². The van der Waals surface area contributed by atoms with E-state index in [0.717, 1.165) is 53.5 Å². The molecule has 1 aliphatic carbocycles. The molecule has 5 rings (SSSR count). The second-order valence-corrected chi connectivity index (χ2v) is 11.7. The Morgan fingerprint density at radius 2 is 1.82 bits per heavy atom. The number of anilines is 1. The molecule has 0 saturated heterocycles. The van der Waals surface area contributed by atoms with Crippen LogP contribution in [0.3, 0.4) is 0 Å². The molecular formula is C27H23F5N2O4S. The van der Waals surface area contributed by atoms with Gasteiger partial charge in [0.15, 0.2) is 0 Å². The number of alkyl halides is 3. The van der Waals surface area contributed by atoms with Crippen LogP contribution in [0.4, 0.5) is 27.6 Å². The first-order chi connectivity index (χ1) is 18.3. The molecule has 2 aliphatic rings. The van der Waals surface area contributed by atoms with E-state index in [-0.39, 0.29) is 41.6 Å². The molecule has 0 radical (unpaired) electrons. The molecule has 3 aromatic carbocycles. The van der Waals surface area contributed by atoms with Crippen molar-refractivity contribution >= 4 is 21.6 Å². The molecule has 3 aromatic rings. The molecule has 0 spiro atoms. The van der Waals surface area contributed by atoms with Crippen molar-refractivity contribution in [2.75, 3.05) is 17.4 Å². The molecule has 1 heterocycles. The summed E-state index contributed by atoms with van der Waals surface area (Å²) in [6, 6.07) is 10.2. The highest BCUT2D eigenvalue weighted by atomic mass is 32.2. The Hall–Kier alpha value is -3.67. The molecule has 0 aromatic heterocycles. The lowest BCUT2D eigenvalue weighted by Gasteiger charge is -2.36. The highest BCUT2D eigenvalue weighted by molar-refractivity contribution is 7.92. The molecule has 1 saturated carbocycles. The van der Waals surface area contributed by atoms with Crippen molar-refractivity contribution in [2.24, 2.45) is 5.41 Å². The van der Waals surface area contributed by atoms with Crippen LogP contribution < -0.4 is 14.4 Å². The van der Waals surface area contributed by atoms with Crippen molar-refractivity contribution in [2.45, 2.75) is 36.9 Å². The van der Waals surface area contributed by atoms with Crippen LogP contribution in [0, 0.1) is 17.0 Å². The quantitative estimate of drug-likeness (QED) is 0.399. The Kier molecular flexibility index (Phi) is 6.56. The fourth-order valence-electron chi connectivity index (χ4n) is 4.33. The zero-order valence-corrected chi connectivity index (χ0v) is 21.4. The maximum atomic E-state index is 14.5. The lowest BCUT2D eigenvalue weighted by atomic mass is 10.0. The summed E-state index contributed by atoms with van der Waals surface area (Å²) in [5.41, 5.74) is -1.70. The minimum absolute atomic E-state index is 0.0502. The van der Waals surface area contributed by atoms with Crippen molar-refractivity contribution in [3.63, 3.8) is 0 Å². The van der Waals surface area contributed by atoms with Gasteiger partial charge in [-0.25, -0.2) is 17.2 Å². The molecule has 12 heteroatoms. The molecule has 1 aliphatic heterocycles. The van der Waals surface area contributed by atoms with Crippen LogP contribution in [-0.2, 0) is 21.0 Å². The standard InChI is InChI=1S/C27H23F5N2O4S/c1-26(9-10-26)25(35)33-14-19-15-34(39(36,37)20-4-2-3-17(12-20)27(30,31)32)23-11-16(5-8-24(23)38-19)21-13-18(28)6-7-22(21)29/h2-8,11-13,19H,9-10,14-15H2,1H3,(H,33,35)/t19-/m0/s1. The number of carbonyl (C=O) groups excluding carboxylic acids is 1. The number of amides is 1. The van der Waals surface area contributed by atoms with Gasteiger partial charge < -0.3 is 10.1 Å².